The van der Waals surface area contributed by atoms with Crippen molar-refractivity contribution >= 4 is 28.5 Å². The smallest absolute Gasteiger partial charge is 0.337 e. The molecular weight excluding hydrogens is 337 g/mol. The van der Waals surface area contributed by atoms with Crippen LogP contribution in [-0.2, 0) is 11.2 Å². The zero-order valence-corrected chi connectivity index (χ0v) is 12.7. The lowest BCUT2D eigenvalue weighted by Gasteiger charge is -2.07. The minimum absolute atomic E-state index is 0.430. The van der Waals surface area contributed by atoms with E-state index in [1.54, 1.807) is 0 Å². The summed E-state index contributed by atoms with van der Waals surface area (Å²) in [6.45, 7) is 1.20. The highest BCUT2D eigenvalue weighted by Crippen LogP contribution is 2.26. The highest BCUT2D eigenvalue weighted by atomic mass is 127. The number of rotatable bonds is 4. The summed E-state index contributed by atoms with van der Waals surface area (Å²) in [5.41, 5.74) is 1.40. The molecule has 2 heterocycles. The average molecular weight is 356 g/mol. The van der Waals surface area contributed by atoms with E-state index in [4.69, 9.17) is 4.74 Å². The van der Waals surface area contributed by atoms with Crippen LogP contribution in [0.4, 0.5) is 0 Å². The molecule has 1 fully saturated rings. The van der Waals surface area contributed by atoms with Crippen molar-refractivity contribution in [3.8, 4) is 0 Å². The lowest BCUT2D eigenvalue weighted by atomic mass is 10.1. The summed E-state index contributed by atoms with van der Waals surface area (Å²) >= 11 is 2.45. The van der Waals surface area contributed by atoms with E-state index in [0.717, 1.165) is 17.3 Å². The lowest BCUT2D eigenvalue weighted by Crippen LogP contribution is -2.27. The molecule has 96 valence electrons. The van der Waals surface area contributed by atoms with Gasteiger partial charge < -0.3 is 4.74 Å². The molecule has 0 aromatic heterocycles. The fraction of sp³-hybridized carbons (Fsp3) is 0.533. The Morgan fingerprint density at radius 2 is 2.06 bits per heavy atom. The average Bonchev–Trinajstić information content (AvgIpc) is 3.00. The van der Waals surface area contributed by atoms with Gasteiger partial charge in [-0.1, -0.05) is 52.9 Å². The normalized spacial score (nSPS) is 26.3. The first-order chi connectivity index (χ1) is 8.88. The van der Waals surface area contributed by atoms with E-state index >= 15 is 0 Å². The molecule has 1 saturated heterocycles. The molecule has 1 aromatic rings. The summed E-state index contributed by atoms with van der Waals surface area (Å²) in [4.78, 5) is 0. The van der Waals surface area contributed by atoms with Crippen LogP contribution in [-0.4, -0.2) is 33.6 Å². The number of benzene rings is 1. The van der Waals surface area contributed by atoms with Gasteiger partial charge in [0, 0.05) is 17.3 Å². The predicted molar refractivity (Wildman–Crippen MR) is 81.7 cm³/mol. The van der Waals surface area contributed by atoms with Crippen LogP contribution in [0.2, 0.25) is 0 Å². The molecular formula is C15H19INO+. The molecule has 18 heavy (non-hydrogen) atoms. The van der Waals surface area contributed by atoms with Crippen LogP contribution in [0.5, 0.6) is 0 Å². The molecule has 3 rings (SSSR count). The number of halogens is 1. The second kappa shape index (κ2) is 5.59. The van der Waals surface area contributed by atoms with Gasteiger partial charge >= 0.3 is 5.90 Å². The summed E-state index contributed by atoms with van der Waals surface area (Å²) in [5, 5.41) is 0. The van der Waals surface area contributed by atoms with Crippen molar-refractivity contribution in [3.63, 3.8) is 0 Å². The third-order valence-electron chi connectivity index (χ3n) is 3.96. The molecule has 3 heteroatoms. The standard InChI is InChI=1S/C15H19INO/c16-11-14-13-7-4-10-17(13)15(18-14)9-8-12-5-2-1-3-6-12/h1-3,5-6,13-14H,4,7-11H2/q+1/t13-,14?/m0/s1. The van der Waals surface area contributed by atoms with Crippen molar-refractivity contribution in [2.75, 3.05) is 11.0 Å². The highest BCUT2D eigenvalue weighted by molar-refractivity contribution is 14.1. The van der Waals surface area contributed by atoms with Gasteiger partial charge in [0.1, 0.15) is 6.54 Å². The van der Waals surface area contributed by atoms with Crippen molar-refractivity contribution in [2.45, 2.75) is 37.8 Å². The number of fused-ring (bicyclic) bond motifs is 1. The zero-order chi connectivity index (χ0) is 12.4. The van der Waals surface area contributed by atoms with Crippen molar-refractivity contribution in [1.82, 2.24) is 0 Å². The number of alkyl halides is 1. The van der Waals surface area contributed by atoms with Crippen LogP contribution in [0.3, 0.4) is 0 Å². The molecule has 2 nitrogen and oxygen atoms in total. The SMILES string of the molecule is ICC1OC(CCc2ccccc2)=[N+]2CCC[C@@H]12. The monoisotopic (exact) mass is 356 g/mol. The summed E-state index contributed by atoms with van der Waals surface area (Å²) in [6, 6.07) is 11.4. The summed E-state index contributed by atoms with van der Waals surface area (Å²) in [7, 11) is 0. The summed E-state index contributed by atoms with van der Waals surface area (Å²) in [6.07, 6.45) is 5.21. The third kappa shape index (κ3) is 2.42. The van der Waals surface area contributed by atoms with Crippen molar-refractivity contribution in [2.24, 2.45) is 0 Å². The van der Waals surface area contributed by atoms with Crippen molar-refractivity contribution < 1.29 is 9.31 Å². The van der Waals surface area contributed by atoms with Crippen LogP contribution in [0.25, 0.3) is 0 Å². The molecule has 1 aromatic carbocycles. The second-order valence-corrected chi connectivity index (χ2v) is 5.97. The predicted octanol–water partition coefficient (Wildman–Crippen LogP) is 3.03. The lowest BCUT2D eigenvalue weighted by molar-refractivity contribution is -0.537. The number of hydrogen-bond acceptors (Lipinski definition) is 1. The summed E-state index contributed by atoms with van der Waals surface area (Å²) in [5.74, 6) is 1.24. The van der Waals surface area contributed by atoms with E-state index in [9.17, 15) is 0 Å². The van der Waals surface area contributed by atoms with Gasteiger partial charge in [0.25, 0.3) is 0 Å². The Bertz CT molecular complexity index is 443. The Morgan fingerprint density at radius 3 is 2.83 bits per heavy atom. The molecule has 0 N–H and O–H groups in total. The highest BCUT2D eigenvalue weighted by Gasteiger charge is 2.45. The third-order valence-corrected chi connectivity index (χ3v) is 4.83. The quantitative estimate of drug-likeness (QED) is 0.459. The first-order valence-electron chi connectivity index (χ1n) is 6.77. The first kappa shape index (κ1) is 12.5. The van der Waals surface area contributed by atoms with Crippen LogP contribution >= 0.6 is 22.6 Å². The molecule has 0 amide bonds. The minimum atomic E-state index is 0.430. The fourth-order valence-corrected chi connectivity index (χ4v) is 3.81. The van der Waals surface area contributed by atoms with Gasteiger partial charge in [-0.05, 0) is 12.0 Å². The van der Waals surface area contributed by atoms with Crippen LogP contribution < -0.4 is 0 Å². The van der Waals surface area contributed by atoms with Gasteiger partial charge in [-0.25, -0.2) is 0 Å². The Balaban J connectivity index is 1.68. The largest absolute Gasteiger partial charge is 0.437 e. The molecule has 0 saturated carbocycles. The molecule has 2 aliphatic rings. The van der Waals surface area contributed by atoms with Gasteiger partial charge in [0.15, 0.2) is 12.1 Å². The Kier molecular flexibility index (Phi) is 3.87. The molecule has 2 atom stereocenters. The molecule has 0 aliphatic carbocycles. The van der Waals surface area contributed by atoms with E-state index in [1.165, 1.54) is 30.8 Å². The number of hydrogen-bond donors (Lipinski definition) is 0. The Hall–Kier alpha value is -0.580. The first-order valence-corrected chi connectivity index (χ1v) is 8.30. The maximum absolute atomic E-state index is 6.13. The number of nitrogens with zero attached hydrogens (tertiary/aromatic N) is 1. The maximum atomic E-state index is 6.13. The van der Waals surface area contributed by atoms with E-state index in [-0.39, 0.29) is 0 Å². The van der Waals surface area contributed by atoms with E-state index in [2.05, 4.69) is 57.5 Å². The Morgan fingerprint density at radius 1 is 1.22 bits per heavy atom. The molecule has 2 aliphatic heterocycles. The molecule has 0 spiro atoms. The fourth-order valence-electron chi connectivity index (χ4n) is 3.04. The molecule has 0 radical (unpaired) electrons. The van der Waals surface area contributed by atoms with E-state index < -0.39 is 0 Å². The van der Waals surface area contributed by atoms with Crippen molar-refractivity contribution in [1.29, 1.82) is 0 Å². The van der Waals surface area contributed by atoms with Crippen LogP contribution in [0, 0.1) is 0 Å². The number of ether oxygens (including phenoxy) is 1. The van der Waals surface area contributed by atoms with Crippen LogP contribution in [0.1, 0.15) is 24.8 Å². The van der Waals surface area contributed by atoms with Gasteiger partial charge in [0.05, 0.1) is 6.42 Å². The Labute approximate surface area is 122 Å². The van der Waals surface area contributed by atoms with Gasteiger partial charge in [-0.2, -0.15) is 4.58 Å². The van der Waals surface area contributed by atoms with Crippen LogP contribution in [0.15, 0.2) is 30.3 Å². The molecule has 0 bridgehead atoms. The number of aryl methyl sites for hydroxylation is 1. The topological polar surface area (TPSA) is 12.2 Å². The van der Waals surface area contributed by atoms with Gasteiger partial charge in [0.2, 0.25) is 0 Å². The second-order valence-electron chi connectivity index (χ2n) is 5.09. The van der Waals surface area contributed by atoms with E-state index in [1.807, 2.05) is 0 Å². The molecule has 1 unspecified atom stereocenters. The summed E-state index contributed by atoms with van der Waals surface area (Å²) < 4.78 is 9.76. The van der Waals surface area contributed by atoms with Crippen molar-refractivity contribution in [3.05, 3.63) is 35.9 Å². The minimum Gasteiger partial charge on any atom is -0.437 e. The van der Waals surface area contributed by atoms with Gasteiger partial charge in [-0.3, -0.25) is 0 Å². The zero-order valence-electron chi connectivity index (χ0n) is 10.5. The van der Waals surface area contributed by atoms with Gasteiger partial charge in [-0.15, -0.1) is 0 Å². The van der Waals surface area contributed by atoms with E-state index in [0.29, 0.717) is 12.1 Å². The maximum Gasteiger partial charge on any atom is 0.337 e.